The van der Waals surface area contributed by atoms with Crippen molar-refractivity contribution in [2.24, 2.45) is 0 Å². The molecule has 0 saturated heterocycles. The maximum absolute atomic E-state index is 11.3. The molecule has 0 unspecified atom stereocenters. The molecule has 1 aromatic rings. The minimum absolute atomic E-state index is 0.00495. The maximum atomic E-state index is 11.3. The average molecular weight is 296 g/mol. The summed E-state index contributed by atoms with van der Waals surface area (Å²) in [5, 5.41) is 12.3. The highest BCUT2D eigenvalue weighted by molar-refractivity contribution is 6.32. The fourth-order valence-electron chi connectivity index (χ4n) is 1.30. The van der Waals surface area contributed by atoms with Gasteiger partial charge < -0.3 is 15.2 Å². The predicted octanol–water partition coefficient (Wildman–Crippen LogP) is 3.31. The Morgan fingerprint density at radius 3 is 2.75 bits per heavy atom. The second-order valence-corrected chi connectivity index (χ2v) is 5.55. The molecule has 5 heteroatoms. The van der Waals surface area contributed by atoms with Crippen molar-refractivity contribution >= 4 is 17.7 Å². The van der Waals surface area contributed by atoms with Crippen molar-refractivity contribution in [3.63, 3.8) is 0 Å². The lowest BCUT2D eigenvalue weighted by molar-refractivity contribution is 0.0529. The number of alkyl carbamates (subject to hydrolysis) is 1. The molecule has 0 aromatic heterocycles. The second kappa shape index (κ2) is 7.06. The van der Waals surface area contributed by atoms with Crippen molar-refractivity contribution < 1.29 is 14.6 Å². The van der Waals surface area contributed by atoms with Crippen molar-refractivity contribution in [1.82, 2.24) is 5.32 Å². The maximum Gasteiger partial charge on any atom is 0.407 e. The van der Waals surface area contributed by atoms with Crippen LogP contribution in [0.15, 0.2) is 18.2 Å². The summed E-state index contributed by atoms with van der Waals surface area (Å²) < 4.78 is 5.09. The molecular formula is C15H18ClNO3. The Labute approximate surface area is 124 Å². The number of carbonyl (C=O) groups excluding carboxylic acids is 1. The van der Waals surface area contributed by atoms with Crippen LogP contribution in [0, 0.1) is 11.8 Å². The van der Waals surface area contributed by atoms with Gasteiger partial charge in [-0.2, -0.15) is 0 Å². The summed E-state index contributed by atoms with van der Waals surface area (Å²) in [5.74, 6) is 5.77. The first-order chi connectivity index (χ1) is 9.28. The van der Waals surface area contributed by atoms with Gasteiger partial charge in [0.15, 0.2) is 0 Å². The van der Waals surface area contributed by atoms with Gasteiger partial charge >= 0.3 is 6.09 Å². The Hall–Kier alpha value is -1.86. The Balaban J connectivity index is 2.36. The number of aromatic hydroxyl groups is 1. The number of carbonyl (C=O) groups is 1. The third-order valence-electron chi connectivity index (χ3n) is 2.10. The van der Waals surface area contributed by atoms with Crippen LogP contribution in [0.3, 0.4) is 0 Å². The first-order valence-corrected chi connectivity index (χ1v) is 6.60. The first kappa shape index (κ1) is 16.2. The highest BCUT2D eigenvalue weighted by Crippen LogP contribution is 2.23. The zero-order valence-corrected chi connectivity index (χ0v) is 12.5. The molecule has 1 rings (SSSR count). The van der Waals surface area contributed by atoms with E-state index in [2.05, 4.69) is 17.2 Å². The quantitative estimate of drug-likeness (QED) is 0.650. The largest absolute Gasteiger partial charge is 0.506 e. The molecule has 108 valence electrons. The van der Waals surface area contributed by atoms with Crippen LogP contribution >= 0.6 is 11.6 Å². The van der Waals surface area contributed by atoms with Crippen molar-refractivity contribution in [1.29, 1.82) is 0 Å². The molecule has 0 aliphatic rings. The second-order valence-electron chi connectivity index (χ2n) is 5.15. The average Bonchev–Trinajstić information content (AvgIpc) is 2.31. The van der Waals surface area contributed by atoms with Gasteiger partial charge in [0, 0.05) is 18.5 Å². The Kier molecular flexibility index (Phi) is 5.72. The molecule has 1 aromatic carbocycles. The van der Waals surface area contributed by atoms with Crippen molar-refractivity contribution in [3.05, 3.63) is 28.8 Å². The van der Waals surface area contributed by atoms with Gasteiger partial charge in [-0.25, -0.2) is 4.79 Å². The number of halogens is 1. The fraction of sp³-hybridized carbons (Fsp3) is 0.400. The molecule has 0 saturated carbocycles. The number of phenolic OH excluding ortho intramolecular Hbond substituents is 1. The summed E-state index contributed by atoms with van der Waals surface area (Å²) in [5.41, 5.74) is 0.167. The van der Waals surface area contributed by atoms with Gasteiger partial charge in [0.25, 0.3) is 0 Å². The highest BCUT2D eigenvalue weighted by Gasteiger charge is 2.15. The summed E-state index contributed by atoms with van der Waals surface area (Å²) in [7, 11) is 0. The number of benzene rings is 1. The van der Waals surface area contributed by atoms with Crippen LogP contribution in [0.25, 0.3) is 0 Å². The van der Waals surface area contributed by atoms with Gasteiger partial charge in [-0.05, 0) is 39.0 Å². The lowest BCUT2D eigenvalue weighted by atomic mass is 10.2. The molecule has 0 heterocycles. The molecule has 0 radical (unpaired) electrons. The lowest BCUT2D eigenvalue weighted by Gasteiger charge is -2.19. The van der Waals surface area contributed by atoms with E-state index in [4.69, 9.17) is 16.3 Å². The first-order valence-electron chi connectivity index (χ1n) is 6.22. The monoisotopic (exact) mass is 295 g/mol. The summed E-state index contributed by atoms with van der Waals surface area (Å²) in [6.45, 7) is 5.82. The SMILES string of the molecule is CC(C)(C)OC(=O)NCCC#Cc1ccc(Cl)c(O)c1. The lowest BCUT2D eigenvalue weighted by Crippen LogP contribution is -2.32. The number of amides is 1. The van der Waals surface area contributed by atoms with E-state index in [1.807, 2.05) is 0 Å². The van der Waals surface area contributed by atoms with E-state index >= 15 is 0 Å². The third-order valence-corrected chi connectivity index (χ3v) is 2.42. The number of hydrogen-bond donors (Lipinski definition) is 2. The van der Waals surface area contributed by atoms with E-state index in [1.54, 1.807) is 32.9 Å². The molecule has 0 spiro atoms. The van der Waals surface area contributed by atoms with E-state index < -0.39 is 11.7 Å². The Bertz CT molecular complexity index is 538. The molecule has 0 atom stereocenters. The van der Waals surface area contributed by atoms with E-state index in [0.717, 1.165) is 0 Å². The Morgan fingerprint density at radius 2 is 2.15 bits per heavy atom. The normalized spacial score (nSPS) is 10.4. The molecule has 4 nitrogen and oxygen atoms in total. The number of nitrogens with one attached hydrogen (secondary N) is 1. The summed E-state index contributed by atoms with van der Waals surface area (Å²) in [4.78, 5) is 11.3. The predicted molar refractivity (Wildman–Crippen MR) is 78.8 cm³/mol. The minimum atomic E-state index is -0.503. The van der Waals surface area contributed by atoms with Crippen molar-refractivity contribution in [2.75, 3.05) is 6.54 Å². The van der Waals surface area contributed by atoms with E-state index in [0.29, 0.717) is 23.6 Å². The zero-order valence-electron chi connectivity index (χ0n) is 11.8. The van der Waals surface area contributed by atoms with Gasteiger partial charge in [-0.1, -0.05) is 23.4 Å². The van der Waals surface area contributed by atoms with Crippen LogP contribution in [0.1, 0.15) is 32.8 Å². The van der Waals surface area contributed by atoms with Gasteiger partial charge in [0.05, 0.1) is 5.02 Å². The third kappa shape index (κ3) is 6.35. The standard InChI is InChI=1S/C15H18ClNO3/c1-15(2,3)20-14(19)17-9-5-4-6-11-7-8-12(16)13(18)10-11/h7-8,10,18H,5,9H2,1-3H3,(H,17,19). The van der Waals surface area contributed by atoms with Gasteiger partial charge in [-0.3, -0.25) is 0 Å². The van der Waals surface area contributed by atoms with E-state index in [9.17, 15) is 9.90 Å². The smallest absolute Gasteiger partial charge is 0.407 e. The molecule has 0 fully saturated rings. The topological polar surface area (TPSA) is 58.6 Å². The number of rotatable bonds is 2. The molecule has 2 N–H and O–H groups in total. The summed E-state index contributed by atoms with van der Waals surface area (Å²) in [6.07, 6.45) is 0.0336. The molecule has 0 aliphatic carbocycles. The van der Waals surface area contributed by atoms with Crippen molar-refractivity contribution in [2.45, 2.75) is 32.8 Å². The van der Waals surface area contributed by atoms with E-state index in [-0.39, 0.29) is 5.75 Å². The van der Waals surface area contributed by atoms with Gasteiger partial charge in [0.2, 0.25) is 0 Å². The number of phenols is 1. The van der Waals surface area contributed by atoms with Crippen LogP contribution in [0.5, 0.6) is 5.75 Å². The Morgan fingerprint density at radius 1 is 1.45 bits per heavy atom. The molecule has 0 bridgehead atoms. The summed E-state index contributed by atoms with van der Waals surface area (Å²) >= 11 is 5.69. The van der Waals surface area contributed by atoms with Crippen LogP contribution in [0.4, 0.5) is 4.79 Å². The number of ether oxygens (including phenoxy) is 1. The zero-order chi connectivity index (χ0) is 15.2. The summed E-state index contributed by atoms with van der Waals surface area (Å²) in [6, 6.07) is 4.80. The fourth-order valence-corrected chi connectivity index (χ4v) is 1.41. The van der Waals surface area contributed by atoms with Crippen LogP contribution in [-0.2, 0) is 4.74 Å². The minimum Gasteiger partial charge on any atom is -0.506 e. The molecule has 20 heavy (non-hydrogen) atoms. The van der Waals surface area contributed by atoms with Crippen LogP contribution in [-0.4, -0.2) is 23.3 Å². The highest BCUT2D eigenvalue weighted by atomic mass is 35.5. The molecule has 1 amide bonds. The molecule has 0 aliphatic heterocycles. The van der Waals surface area contributed by atoms with Gasteiger partial charge in [-0.15, -0.1) is 0 Å². The van der Waals surface area contributed by atoms with Crippen LogP contribution in [0.2, 0.25) is 5.02 Å². The van der Waals surface area contributed by atoms with Crippen molar-refractivity contribution in [3.8, 4) is 17.6 Å². The van der Waals surface area contributed by atoms with Crippen LogP contribution < -0.4 is 5.32 Å². The number of hydrogen-bond acceptors (Lipinski definition) is 3. The van der Waals surface area contributed by atoms with E-state index in [1.165, 1.54) is 6.07 Å². The molecular weight excluding hydrogens is 278 g/mol. The van der Waals surface area contributed by atoms with Gasteiger partial charge in [0.1, 0.15) is 11.4 Å².